The number of nitrogens with zero attached hydrogens (tertiary/aromatic N) is 1. The fourth-order valence-corrected chi connectivity index (χ4v) is 4.07. The van der Waals surface area contributed by atoms with E-state index >= 15 is 0 Å². The normalized spacial score (nSPS) is 17.1. The molecule has 0 atom stereocenters. The van der Waals surface area contributed by atoms with Crippen molar-refractivity contribution < 1.29 is 14.3 Å². The number of carbonyl (C=O) groups excluding carboxylic acids is 1. The molecule has 30 heavy (non-hydrogen) atoms. The Kier molecular flexibility index (Phi) is 6.37. The Bertz CT molecular complexity index is 939. The van der Waals surface area contributed by atoms with Gasteiger partial charge in [-0.25, -0.2) is 0 Å². The molecule has 2 aliphatic rings. The molecule has 0 unspecified atom stereocenters. The van der Waals surface area contributed by atoms with E-state index in [1.807, 2.05) is 36.4 Å². The van der Waals surface area contributed by atoms with Gasteiger partial charge >= 0.3 is 0 Å². The highest BCUT2D eigenvalue weighted by atomic mass is 16.5. The third-order valence-corrected chi connectivity index (χ3v) is 5.85. The quantitative estimate of drug-likeness (QED) is 0.436. The smallest absolute Gasteiger partial charge is 0.211 e. The van der Waals surface area contributed by atoms with Gasteiger partial charge in [-0.1, -0.05) is 11.8 Å². The van der Waals surface area contributed by atoms with Gasteiger partial charge in [-0.3, -0.25) is 4.79 Å². The number of aryl methyl sites for hydroxylation is 1. The van der Waals surface area contributed by atoms with E-state index in [0.29, 0.717) is 11.8 Å². The summed E-state index contributed by atoms with van der Waals surface area (Å²) in [6, 6.07) is 13.5. The van der Waals surface area contributed by atoms with E-state index in [0.717, 1.165) is 60.9 Å². The molecule has 1 N–H and O–H groups in total. The maximum absolute atomic E-state index is 10.5. The standard InChI is InChI=1S/C25H28N2O3/c1-20-15-22(4-3-21-5-8-23(9-6-21)26-19-28)7-10-24(20)30-14-2-12-27-13-11-25(16-27)17-29-18-25/h5-10,15,19H,2,11-14,16-18H2,1H3,(H,26,28). The van der Waals surface area contributed by atoms with Gasteiger partial charge in [0.15, 0.2) is 0 Å². The third-order valence-electron chi connectivity index (χ3n) is 5.85. The molecule has 2 aliphatic heterocycles. The molecule has 2 saturated heterocycles. The topological polar surface area (TPSA) is 50.8 Å². The minimum atomic E-state index is 0.461. The van der Waals surface area contributed by atoms with Crippen LogP contribution in [-0.2, 0) is 9.53 Å². The van der Waals surface area contributed by atoms with E-state index in [-0.39, 0.29) is 0 Å². The molecule has 2 heterocycles. The van der Waals surface area contributed by atoms with Crippen LogP contribution in [0.4, 0.5) is 5.69 Å². The maximum Gasteiger partial charge on any atom is 0.211 e. The van der Waals surface area contributed by atoms with Crippen LogP contribution in [0.1, 0.15) is 29.5 Å². The number of ether oxygens (including phenoxy) is 2. The highest BCUT2D eigenvalue weighted by Gasteiger charge is 2.43. The number of hydrogen-bond acceptors (Lipinski definition) is 4. The van der Waals surface area contributed by atoms with Gasteiger partial charge in [0.05, 0.1) is 19.8 Å². The molecule has 4 rings (SSSR count). The summed E-state index contributed by atoms with van der Waals surface area (Å²) in [6.07, 6.45) is 2.97. The predicted octanol–water partition coefficient (Wildman–Crippen LogP) is 3.45. The summed E-state index contributed by atoms with van der Waals surface area (Å²) in [5.74, 6) is 7.27. The van der Waals surface area contributed by atoms with Gasteiger partial charge in [0.2, 0.25) is 6.41 Å². The number of nitrogens with one attached hydrogen (secondary N) is 1. The predicted molar refractivity (Wildman–Crippen MR) is 118 cm³/mol. The molecule has 5 heteroatoms. The number of anilines is 1. The molecule has 0 aliphatic carbocycles. The van der Waals surface area contributed by atoms with E-state index in [9.17, 15) is 4.79 Å². The van der Waals surface area contributed by atoms with Gasteiger partial charge in [0, 0.05) is 35.3 Å². The summed E-state index contributed by atoms with van der Waals surface area (Å²) >= 11 is 0. The van der Waals surface area contributed by atoms with Crippen LogP contribution in [0.3, 0.4) is 0 Å². The zero-order valence-electron chi connectivity index (χ0n) is 17.4. The Hall–Kier alpha value is -2.81. The van der Waals surface area contributed by atoms with Crippen LogP contribution in [0.5, 0.6) is 5.75 Å². The van der Waals surface area contributed by atoms with E-state index < -0.39 is 0 Å². The third kappa shape index (κ3) is 5.02. The lowest BCUT2D eigenvalue weighted by atomic mass is 9.85. The van der Waals surface area contributed by atoms with Crippen LogP contribution < -0.4 is 10.1 Å². The van der Waals surface area contributed by atoms with Crippen molar-refractivity contribution in [2.75, 3.05) is 44.8 Å². The first-order chi connectivity index (χ1) is 14.7. The monoisotopic (exact) mass is 404 g/mol. The van der Waals surface area contributed by atoms with E-state index in [2.05, 4.69) is 35.0 Å². The highest BCUT2D eigenvalue weighted by Crippen LogP contribution is 2.37. The Balaban J connectivity index is 1.24. The molecule has 1 spiro atoms. The van der Waals surface area contributed by atoms with Crippen LogP contribution in [-0.4, -0.2) is 50.8 Å². The zero-order valence-corrected chi connectivity index (χ0v) is 17.4. The first kappa shape index (κ1) is 20.5. The molecule has 2 fully saturated rings. The molecule has 0 radical (unpaired) electrons. The minimum Gasteiger partial charge on any atom is -0.493 e. The van der Waals surface area contributed by atoms with Crippen LogP contribution in [0.2, 0.25) is 0 Å². The lowest BCUT2D eigenvalue weighted by molar-refractivity contribution is -0.105. The van der Waals surface area contributed by atoms with Gasteiger partial charge in [0.1, 0.15) is 5.75 Å². The first-order valence-electron chi connectivity index (χ1n) is 10.5. The van der Waals surface area contributed by atoms with Crippen molar-refractivity contribution in [3.8, 4) is 17.6 Å². The van der Waals surface area contributed by atoms with Crippen LogP contribution in [0, 0.1) is 24.2 Å². The van der Waals surface area contributed by atoms with Crippen LogP contribution >= 0.6 is 0 Å². The van der Waals surface area contributed by atoms with Crippen LogP contribution in [0.15, 0.2) is 42.5 Å². The van der Waals surface area contributed by atoms with Crippen molar-refractivity contribution >= 4 is 12.1 Å². The molecule has 0 bridgehead atoms. The largest absolute Gasteiger partial charge is 0.493 e. The van der Waals surface area contributed by atoms with Crippen LogP contribution in [0.25, 0.3) is 0 Å². The van der Waals surface area contributed by atoms with Crippen molar-refractivity contribution in [3.63, 3.8) is 0 Å². The van der Waals surface area contributed by atoms with Gasteiger partial charge in [-0.2, -0.15) is 0 Å². The van der Waals surface area contributed by atoms with Crippen molar-refractivity contribution in [1.82, 2.24) is 4.90 Å². The highest BCUT2D eigenvalue weighted by molar-refractivity contribution is 5.71. The van der Waals surface area contributed by atoms with Gasteiger partial charge in [0.25, 0.3) is 0 Å². The number of amides is 1. The molecule has 0 saturated carbocycles. The number of carbonyl (C=O) groups is 1. The number of rotatable bonds is 7. The lowest BCUT2D eigenvalue weighted by Gasteiger charge is -2.37. The molecule has 5 nitrogen and oxygen atoms in total. The summed E-state index contributed by atoms with van der Waals surface area (Å²) in [5, 5.41) is 2.62. The van der Waals surface area contributed by atoms with Gasteiger partial charge in [-0.05, 0) is 74.3 Å². The summed E-state index contributed by atoms with van der Waals surface area (Å²) in [7, 11) is 0. The Morgan fingerprint density at radius 1 is 1.17 bits per heavy atom. The van der Waals surface area contributed by atoms with Crippen molar-refractivity contribution in [2.24, 2.45) is 5.41 Å². The second-order valence-electron chi connectivity index (χ2n) is 8.29. The molecule has 1 amide bonds. The molecular formula is C25H28N2O3. The Morgan fingerprint density at radius 3 is 2.60 bits per heavy atom. The average Bonchev–Trinajstić information content (AvgIpc) is 3.17. The fourth-order valence-electron chi connectivity index (χ4n) is 4.07. The second kappa shape index (κ2) is 9.34. The van der Waals surface area contributed by atoms with Gasteiger partial charge < -0.3 is 19.7 Å². The minimum absolute atomic E-state index is 0.461. The molecule has 2 aromatic carbocycles. The fraction of sp³-hybridized carbons (Fsp3) is 0.400. The maximum atomic E-state index is 10.5. The first-order valence-corrected chi connectivity index (χ1v) is 10.5. The summed E-state index contributed by atoms with van der Waals surface area (Å²) in [5.41, 5.74) is 4.18. The molecule has 0 aromatic heterocycles. The van der Waals surface area contributed by atoms with E-state index in [4.69, 9.17) is 9.47 Å². The van der Waals surface area contributed by atoms with Crippen molar-refractivity contribution in [2.45, 2.75) is 19.8 Å². The second-order valence-corrected chi connectivity index (χ2v) is 8.29. The average molecular weight is 405 g/mol. The number of benzene rings is 2. The molecule has 2 aromatic rings. The SMILES string of the molecule is Cc1cc(C#Cc2ccc(NC=O)cc2)ccc1OCCCN1CCC2(COC2)C1. The van der Waals surface area contributed by atoms with E-state index in [1.165, 1.54) is 19.5 Å². The summed E-state index contributed by atoms with van der Waals surface area (Å²) in [6.45, 7) is 8.12. The van der Waals surface area contributed by atoms with Crippen molar-refractivity contribution in [3.05, 3.63) is 59.2 Å². The summed E-state index contributed by atoms with van der Waals surface area (Å²) < 4.78 is 11.4. The Morgan fingerprint density at radius 2 is 1.93 bits per heavy atom. The van der Waals surface area contributed by atoms with E-state index in [1.54, 1.807) is 0 Å². The molecule has 156 valence electrons. The van der Waals surface area contributed by atoms with Crippen molar-refractivity contribution in [1.29, 1.82) is 0 Å². The number of hydrogen-bond donors (Lipinski definition) is 1. The lowest BCUT2D eigenvalue weighted by Crippen LogP contribution is -2.44. The summed E-state index contributed by atoms with van der Waals surface area (Å²) in [4.78, 5) is 13.0. The zero-order chi connectivity index (χ0) is 20.8. The number of likely N-dealkylation sites (tertiary alicyclic amines) is 1. The Labute approximate surface area is 178 Å². The molecular weight excluding hydrogens is 376 g/mol. The van der Waals surface area contributed by atoms with Gasteiger partial charge in [-0.15, -0.1) is 0 Å².